The molecule has 0 saturated heterocycles. The van der Waals surface area contributed by atoms with E-state index >= 15 is 0 Å². The van der Waals surface area contributed by atoms with Gasteiger partial charge in [-0.15, -0.1) is 24.0 Å². The first kappa shape index (κ1) is 24.4. The van der Waals surface area contributed by atoms with Crippen LogP contribution in [0, 0.1) is 0 Å². The van der Waals surface area contributed by atoms with E-state index in [1.165, 1.54) is 11.1 Å². The molecule has 6 nitrogen and oxygen atoms in total. The molecular weight excluding hydrogens is 465 g/mol. The molecule has 1 heterocycles. The SMILES string of the molecule is CCNC(=NCCCc1nc(C(C)C)no1)N(C)Cc1ccc(CC)cc1.I. The van der Waals surface area contributed by atoms with Gasteiger partial charge in [-0.05, 0) is 30.9 Å². The smallest absolute Gasteiger partial charge is 0.226 e. The minimum Gasteiger partial charge on any atom is -0.357 e. The zero-order valence-electron chi connectivity index (χ0n) is 17.7. The molecule has 28 heavy (non-hydrogen) atoms. The summed E-state index contributed by atoms with van der Waals surface area (Å²) in [5, 5.41) is 7.37. The van der Waals surface area contributed by atoms with Gasteiger partial charge >= 0.3 is 0 Å². The van der Waals surface area contributed by atoms with E-state index in [0.29, 0.717) is 11.8 Å². The van der Waals surface area contributed by atoms with Gasteiger partial charge < -0.3 is 14.7 Å². The van der Waals surface area contributed by atoms with Crippen molar-refractivity contribution in [2.24, 2.45) is 4.99 Å². The first-order valence-electron chi connectivity index (χ1n) is 9.93. The maximum Gasteiger partial charge on any atom is 0.226 e. The largest absolute Gasteiger partial charge is 0.357 e. The molecule has 0 spiro atoms. The van der Waals surface area contributed by atoms with Gasteiger partial charge in [-0.1, -0.05) is 50.2 Å². The van der Waals surface area contributed by atoms with E-state index in [4.69, 9.17) is 9.52 Å². The maximum atomic E-state index is 5.29. The average molecular weight is 499 g/mol. The van der Waals surface area contributed by atoms with Crippen LogP contribution in [0.2, 0.25) is 0 Å². The molecule has 0 atom stereocenters. The van der Waals surface area contributed by atoms with Crippen LogP contribution < -0.4 is 5.32 Å². The Balaban J connectivity index is 0.00000392. The topological polar surface area (TPSA) is 66.5 Å². The third-order valence-electron chi connectivity index (χ3n) is 4.36. The van der Waals surface area contributed by atoms with Crippen LogP contribution in [0.4, 0.5) is 0 Å². The van der Waals surface area contributed by atoms with Crippen molar-refractivity contribution < 1.29 is 4.52 Å². The summed E-state index contributed by atoms with van der Waals surface area (Å²) in [6.45, 7) is 10.8. The Morgan fingerprint density at radius 3 is 2.43 bits per heavy atom. The summed E-state index contributed by atoms with van der Waals surface area (Å²) < 4.78 is 5.29. The van der Waals surface area contributed by atoms with Crippen LogP contribution in [-0.4, -0.2) is 41.1 Å². The summed E-state index contributed by atoms with van der Waals surface area (Å²) in [5.41, 5.74) is 2.65. The number of benzene rings is 1. The standard InChI is InChI=1S/C21H33N5O.HI/c1-6-17-10-12-18(13-11-17)15-26(5)21(22-7-2)23-14-8-9-19-24-20(16(3)4)25-27-19;/h10-13,16H,6-9,14-15H2,1-5H3,(H,22,23);1H. The van der Waals surface area contributed by atoms with Crippen molar-refractivity contribution in [3.8, 4) is 0 Å². The Labute approximate surface area is 186 Å². The van der Waals surface area contributed by atoms with Gasteiger partial charge in [-0.3, -0.25) is 4.99 Å². The van der Waals surface area contributed by atoms with Crippen molar-refractivity contribution >= 4 is 29.9 Å². The van der Waals surface area contributed by atoms with Crippen molar-refractivity contribution in [3.05, 3.63) is 47.1 Å². The minimum atomic E-state index is 0. The lowest BCUT2D eigenvalue weighted by atomic mass is 10.1. The van der Waals surface area contributed by atoms with Crippen molar-refractivity contribution in [2.45, 2.75) is 59.4 Å². The van der Waals surface area contributed by atoms with Crippen LogP contribution in [0.1, 0.15) is 62.9 Å². The van der Waals surface area contributed by atoms with Crippen LogP contribution in [0.5, 0.6) is 0 Å². The number of rotatable bonds is 9. The first-order valence-corrected chi connectivity index (χ1v) is 9.93. The molecule has 0 bridgehead atoms. The number of halogens is 1. The van der Waals surface area contributed by atoms with Gasteiger partial charge in [0.2, 0.25) is 5.89 Å². The molecule has 0 aliphatic heterocycles. The van der Waals surface area contributed by atoms with Gasteiger partial charge in [-0.25, -0.2) is 0 Å². The van der Waals surface area contributed by atoms with E-state index < -0.39 is 0 Å². The van der Waals surface area contributed by atoms with Crippen molar-refractivity contribution in [1.82, 2.24) is 20.4 Å². The Morgan fingerprint density at radius 2 is 1.86 bits per heavy atom. The summed E-state index contributed by atoms with van der Waals surface area (Å²) in [5.74, 6) is 2.69. The Kier molecular flexibility index (Phi) is 11.1. The lowest BCUT2D eigenvalue weighted by Crippen LogP contribution is -2.38. The molecule has 0 unspecified atom stereocenters. The minimum absolute atomic E-state index is 0. The Hall–Kier alpha value is -1.64. The van der Waals surface area contributed by atoms with Crippen molar-refractivity contribution in [1.29, 1.82) is 0 Å². The number of nitrogens with zero attached hydrogens (tertiary/aromatic N) is 4. The molecule has 0 aliphatic rings. The van der Waals surface area contributed by atoms with E-state index in [2.05, 4.69) is 79.4 Å². The molecule has 0 saturated carbocycles. The zero-order valence-corrected chi connectivity index (χ0v) is 20.1. The molecule has 1 N–H and O–H groups in total. The number of guanidine groups is 1. The molecule has 156 valence electrons. The van der Waals surface area contributed by atoms with Gasteiger partial charge in [0.15, 0.2) is 11.8 Å². The summed E-state index contributed by atoms with van der Waals surface area (Å²) >= 11 is 0. The second kappa shape index (κ2) is 12.7. The first-order chi connectivity index (χ1) is 13.0. The van der Waals surface area contributed by atoms with E-state index in [9.17, 15) is 0 Å². The van der Waals surface area contributed by atoms with Gasteiger partial charge in [0.25, 0.3) is 0 Å². The number of hydrogen-bond donors (Lipinski definition) is 1. The quantitative estimate of drug-likeness (QED) is 0.240. The van der Waals surface area contributed by atoms with E-state index in [1.807, 2.05) is 0 Å². The van der Waals surface area contributed by atoms with Gasteiger partial charge in [0.1, 0.15) is 0 Å². The van der Waals surface area contributed by atoms with Crippen molar-refractivity contribution in [2.75, 3.05) is 20.1 Å². The third-order valence-corrected chi connectivity index (χ3v) is 4.36. The number of aliphatic imine (C=N–C) groups is 1. The summed E-state index contributed by atoms with van der Waals surface area (Å²) in [7, 11) is 2.07. The highest BCUT2D eigenvalue weighted by Gasteiger charge is 2.10. The van der Waals surface area contributed by atoms with Gasteiger partial charge in [-0.2, -0.15) is 4.98 Å². The fraction of sp³-hybridized carbons (Fsp3) is 0.571. The van der Waals surface area contributed by atoms with E-state index in [1.54, 1.807) is 0 Å². The Bertz CT molecular complexity index is 712. The Morgan fingerprint density at radius 1 is 1.18 bits per heavy atom. The van der Waals surface area contributed by atoms with Crippen LogP contribution in [0.25, 0.3) is 0 Å². The molecule has 1 aromatic heterocycles. The molecule has 0 amide bonds. The average Bonchev–Trinajstić information content (AvgIpc) is 3.14. The molecular formula is C21H34IN5O. The van der Waals surface area contributed by atoms with Crippen molar-refractivity contribution in [3.63, 3.8) is 0 Å². The second-order valence-corrected chi connectivity index (χ2v) is 7.07. The summed E-state index contributed by atoms with van der Waals surface area (Å²) in [4.78, 5) is 11.3. The number of nitrogens with one attached hydrogen (secondary N) is 1. The van der Waals surface area contributed by atoms with E-state index in [-0.39, 0.29) is 24.0 Å². The highest BCUT2D eigenvalue weighted by Crippen LogP contribution is 2.11. The molecule has 2 aromatic rings. The third kappa shape index (κ3) is 7.77. The van der Waals surface area contributed by atoms with Gasteiger partial charge in [0.05, 0.1) is 0 Å². The van der Waals surface area contributed by atoms with Crippen LogP contribution >= 0.6 is 24.0 Å². The van der Waals surface area contributed by atoms with Crippen LogP contribution in [-0.2, 0) is 19.4 Å². The highest BCUT2D eigenvalue weighted by molar-refractivity contribution is 14.0. The summed E-state index contributed by atoms with van der Waals surface area (Å²) in [6.07, 6.45) is 2.71. The molecule has 0 radical (unpaired) electrons. The fourth-order valence-corrected chi connectivity index (χ4v) is 2.72. The fourth-order valence-electron chi connectivity index (χ4n) is 2.72. The zero-order chi connectivity index (χ0) is 19.6. The summed E-state index contributed by atoms with van der Waals surface area (Å²) in [6, 6.07) is 8.79. The lowest BCUT2D eigenvalue weighted by molar-refractivity contribution is 0.369. The lowest BCUT2D eigenvalue weighted by Gasteiger charge is -2.22. The molecule has 7 heteroatoms. The number of hydrogen-bond acceptors (Lipinski definition) is 4. The molecule has 0 fully saturated rings. The molecule has 0 aliphatic carbocycles. The number of aromatic nitrogens is 2. The molecule has 2 rings (SSSR count). The monoisotopic (exact) mass is 499 g/mol. The molecule has 1 aromatic carbocycles. The van der Waals surface area contributed by atoms with Gasteiger partial charge in [0, 0.05) is 39.0 Å². The maximum absolute atomic E-state index is 5.29. The predicted molar refractivity (Wildman–Crippen MR) is 125 cm³/mol. The second-order valence-electron chi connectivity index (χ2n) is 7.07. The van der Waals surface area contributed by atoms with Crippen LogP contribution in [0.15, 0.2) is 33.8 Å². The highest BCUT2D eigenvalue weighted by atomic mass is 127. The van der Waals surface area contributed by atoms with E-state index in [0.717, 1.165) is 50.7 Å². The van der Waals surface area contributed by atoms with Crippen LogP contribution in [0.3, 0.4) is 0 Å². The predicted octanol–water partition coefficient (Wildman–Crippen LogP) is 4.40. The normalized spacial score (nSPS) is 11.4. The number of aryl methyl sites for hydroxylation is 2.